The summed E-state index contributed by atoms with van der Waals surface area (Å²) < 4.78 is 15.1. The van der Waals surface area contributed by atoms with Gasteiger partial charge in [0.05, 0.1) is 5.69 Å². The minimum Gasteiger partial charge on any atom is -0.324 e. The molecule has 6 nitrogen and oxygen atoms in total. The summed E-state index contributed by atoms with van der Waals surface area (Å²) in [4.78, 5) is 33.9. The summed E-state index contributed by atoms with van der Waals surface area (Å²) in [5, 5.41) is 2.93. The van der Waals surface area contributed by atoms with Gasteiger partial charge in [-0.3, -0.25) is 19.1 Å². The average Bonchev–Trinajstić information content (AvgIpc) is 2.89. The Morgan fingerprint density at radius 3 is 2.54 bits per heavy atom. The molecule has 188 valence electrons. The first-order valence-corrected chi connectivity index (χ1v) is 12.4. The van der Waals surface area contributed by atoms with Crippen molar-refractivity contribution < 1.29 is 9.18 Å². The van der Waals surface area contributed by atoms with Crippen molar-refractivity contribution in [2.75, 3.05) is 11.9 Å². The van der Waals surface area contributed by atoms with Crippen LogP contribution in [-0.2, 0) is 30.8 Å². The van der Waals surface area contributed by atoms with Gasteiger partial charge in [0, 0.05) is 36.4 Å². The van der Waals surface area contributed by atoms with Crippen LogP contribution >= 0.6 is 0 Å². The molecule has 1 aliphatic heterocycles. The largest absolute Gasteiger partial charge is 0.324 e. The van der Waals surface area contributed by atoms with E-state index in [-0.39, 0.29) is 23.8 Å². The molecule has 1 aromatic heterocycles. The Labute approximate surface area is 215 Å². The van der Waals surface area contributed by atoms with Crippen LogP contribution in [0.4, 0.5) is 10.1 Å². The zero-order valence-electron chi connectivity index (χ0n) is 21.0. The van der Waals surface area contributed by atoms with E-state index < -0.39 is 0 Å². The third-order valence-electron chi connectivity index (χ3n) is 6.72. The number of aromatic nitrogens is 2. The Morgan fingerprint density at radius 1 is 1.03 bits per heavy atom. The molecule has 4 aromatic rings. The first-order valence-electron chi connectivity index (χ1n) is 12.4. The number of carbonyl (C=O) groups excluding carboxylic acids is 1. The quantitative estimate of drug-likeness (QED) is 0.414. The summed E-state index contributed by atoms with van der Waals surface area (Å²) in [6.45, 7) is 5.71. The predicted octanol–water partition coefficient (Wildman–Crippen LogP) is 4.86. The number of halogens is 1. The molecule has 3 aromatic carbocycles. The molecule has 0 aliphatic carbocycles. The van der Waals surface area contributed by atoms with Gasteiger partial charge in [0.15, 0.2) is 0 Å². The van der Waals surface area contributed by atoms with Crippen LogP contribution in [0.15, 0.2) is 77.6 Å². The molecule has 0 radical (unpaired) electrons. The number of hydrogen-bond donors (Lipinski definition) is 1. The lowest BCUT2D eigenvalue weighted by molar-refractivity contribution is -0.116. The molecule has 1 amide bonds. The molecule has 0 unspecified atom stereocenters. The van der Waals surface area contributed by atoms with Crippen LogP contribution in [-0.4, -0.2) is 26.9 Å². The summed E-state index contributed by atoms with van der Waals surface area (Å²) in [5.74, 6) is -0.332. The van der Waals surface area contributed by atoms with Gasteiger partial charge in [0.2, 0.25) is 5.91 Å². The number of nitrogens with zero attached hydrogens (tertiary/aromatic N) is 3. The van der Waals surface area contributed by atoms with Crippen LogP contribution in [0, 0.1) is 19.7 Å². The van der Waals surface area contributed by atoms with Crippen molar-refractivity contribution in [2.45, 2.75) is 39.9 Å². The fourth-order valence-electron chi connectivity index (χ4n) is 4.73. The van der Waals surface area contributed by atoms with Gasteiger partial charge in [-0.25, -0.2) is 9.37 Å². The van der Waals surface area contributed by atoms with Gasteiger partial charge in [0.25, 0.3) is 5.56 Å². The molecular weight excluding hydrogens is 467 g/mol. The molecule has 1 aliphatic rings. The van der Waals surface area contributed by atoms with E-state index in [1.165, 1.54) is 22.3 Å². The lowest BCUT2D eigenvalue weighted by Gasteiger charge is -2.29. The highest BCUT2D eigenvalue weighted by Crippen LogP contribution is 2.23. The molecule has 2 heterocycles. The summed E-state index contributed by atoms with van der Waals surface area (Å²) in [7, 11) is 0. The number of carbonyl (C=O) groups is 1. The van der Waals surface area contributed by atoms with Crippen molar-refractivity contribution in [3.05, 3.63) is 117 Å². The lowest BCUT2D eigenvalue weighted by atomic mass is 10.0. The van der Waals surface area contributed by atoms with Crippen molar-refractivity contribution in [1.82, 2.24) is 14.5 Å². The normalized spacial score (nSPS) is 13.3. The number of aryl methyl sites for hydroxylation is 2. The molecule has 1 N–H and O–H groups in total. The maximum atomic E-state index is 13.7. The van der Waals surface area contributed by atoms with E-state index >= 15 is 0 Å². The highest BCUT2D eigenvalue weighted by atomic mass is 19.1. The van der Waals surface area contributed by atoms with Gasteiger partial charge < -0.3 is 5.32 Å². The Morgan fingerprint density at radius 2 is 1.78 bits per heavy atom. The first-order chi connectivity index (χ1) is 17.9. The van der Waals surface area contributed by atoms with E-state index in [1.54, 1.807) is 12.1 Å². The molecule has 0 saturated heterocycles. The molecule has 5 rings (SSSR count). The zero-order chi connectivity index (χ0) is 25.9. The van der Waals surface area contributed by atoms with Crippen molar-refractivity contribution in [1.29, 1.82) is 0 Å². The van der Waals surface area contributed by atoms with Crippen LogP contribution in [0.3, 0.4) is 0 Å². The SMILES string of the molecule is Cc1ccc(C)c(NC(=O)Cn2c(-c3ccc(F)cc3)nc3c(c2=O)CCN(Cc2ccccc2)C3)c1. The Hall–Kier alpha value is -4.10. The molecular formula is C30H29FN4O2. The number of anilines is 1. The molecule has 0 fully saturated rings. The fraction of sp³-hybridized carbons (Fsp3) is 0.233. The summed E-state index contributed by atoms with van der Waals surface area (Å²) in [6.07, 6.45) is 0.552. The molecule has 0 bridgehead atoms. The number of fused-ring (bicyclic) bond motifs is 1. The second kappa shape index (κ2) is 10.5. The maximum absolute atomic E-state index is 13.7. The third-order valence-corrected chi connectivity index (χ3v) is 6.72. The van der Waals surface area contributed by atoms with E-state index in [1.807, 2.05) is 50.2 Å². The maximum Gasteiger partial charge on any atom is 0.257 e. The summed E-state index contributed by atoms with van der Waals surface area (Å²) in [5.41, 5.74) is 5.57. The second-order valence-corrected chi connectivity index (χ2v) is 9.57. The molecule has 0 saturated carbocycles. The van der Waals surface area contributed by atoms with E-state index in [2.05, 4.69) is 22.3 Å². The molecule has 37 heavy (non-hydrogen) atoms. The predicted molar refractivity (Wildman–Crippen MR) is 143 cm³/mol. The van der Waals surface area contributed by atoms with Crippen molar-refractivity contribution in [3.8, 4) is 11.4 Å². The minimum absolute atomic E-state index is 0.188. The van der Waals surface area contributed by atoms with Crippen molar-refractivity contribution in [2.24, 2.45) is 0 Å². The van der Waals surface area contributed by atoms with Gasteiger partial charge in [0.1, 0.15) is 18.2 Å². The van der Waals surface area contributed by atoms with Crippen LogP contribution < -0.4 is 10.9 Å². The highest BCUT2D eigenvalue weighted by Gasteiger charge is 2.25. The minimum atomic E-state index is -0.377. The number of nitrogens with one attached hydrogen (secondary N) is 1. The smallest absolute Gasteiger partial charge is 0.257 e. The van der Waals surface area contributed by atoms with E-state index in [0.29, 0.717) is 41.3 Å². The molecule has 7 heteroatoms. The standard InChI is InChI=1S/C30H29FN4O2/c1-20-8-9-21(2)26(16-20)32-28(36)19-35-29(23-10-12-24(31)13-11-23)33-27-18-34(15-14-25(27)30(35)37)17-22-6-4-3-5-7-22/h3-13,16H,14-15,17-19H2,1-2H3,(H,32,36). The van der Waals surface area contributed by atoms with Crippen molar-refractivity contribution >= 4 is 11.6 Å². The summed E-state index contributed by atoms with van der Waals surface area (Å²) in [6, 6.07) is 21.9. The summed E-state index contributed by atoms with van der Waals surface area (Å²) >= 11 is 0. The van der Waals surface area contributed by atoms with E-state index in [9.17, 15) is 14.0 Å². The van der Waals surface area contributed by atoms with Gasteiger partial charge in [-0.15, -0.1) is 0 Å². The average molecular weight is 497 g/mol. The molecule has 0 spiro atoms. The van der Waals surface area contributed by atoms with Crippen LogP contribution in [0.25, 0.3) is 11.4 Å². The van der Waals surface area contributed by atoms with Crippen molar-refractivity contribution in [3.63, 3.8) is 0 Å². The number of amides is 1. The van der Waals surface area contributed by atoms with Crippen LogP contribution in [0.1, 0.15) is 27.9 Å². The van der Waals surface area contributed by atoms with E-state index in [0.717, 1.165) is 24.2 Å². The third kappa shape index (κ3) is 5.52. The van der Waals surface area contributed by atoms with Crippen LogP contribution in [0.5, 0.6) is 0 Å². The van der Waals surface area contributed by atoms with Crippen LogP contribution in [0.2, 0.25) is 0 Å². The zero-order valence-corrected chi connectivity index (χ0v) is 21.0. The Kier molecular flexibility index (Phi) is 6.97. The molecule has 0 atom stereocenters. The fourth-order valence-corrected chi connectivity index (χ4v) is 4.73. The van der Waals surface area contributed by atoms with Gasteiger partial charge in [-0.2, -0.15) is 0 Å². The van der Waals surface area contributed by atoms with Gasteiger partial charge in [-0.05, 0) is 67.3 Å². The number of rotatable bonds is 6. The number of benzene rings is 3. The Balaban J connectivity index is 1.49. The lowest BCUT2D eigenvalue weighted by Crippen LogP contribution is -2.39. The monoisotopic (exact) mass is 496 g/mol. The Bertz CT molecular complexity index is 1500. The first kappa shape index (κ1) is 24.6. The van der Waals surface area contributed by atoms with Gasteiger partial charge in [-0.1, -0.05) is 42.5 Å². The highest BCUT2D eigenvalue weighted by molar-refractivity contribution is 5.91. The topological polar surface area (TPSA) is 67.2 Å². The second-order valence-electron chi connectivity index (χ2n) is 9.57. The van der Waals surface area contributed by atoms with Gasteiger partial charge >= 0.3 is 0 Å². The van der Waals surface area contributed by atoms with E-state index in [4.69, 9.17) is 4.98 Å². The number of hydrogen-bond acceptors (Lipinski definition) is 4.